The van der Waals surface area contributed by atoms with Crippen molar-refractivity contribution < 1.29 is 9.47 Å². The van der Waals surface area contributed by atoms with Crippen LogP contribution in [0.25, 0.3) is 0 Å². The van der Waals surface area contributed by atoms with Crippen LogP contribution in [0.5, 0.6) is 5.75 Å². The Balaban J connectivity index is 1.50. The SMILES string of the molecule is CN=C(NCCc1nccn1Cc1ccccc1)NCc1ccc(C)cc1OCCOC. The van der Waals surface area contributed by atoms with Crippen molar-refractivity contribution in [2.24, 2.45) is 4.99 Å². The van der Waals surface area contributed by atoms with E-state index in [0.29, 0.717) is 19.8 Å². The van der Waals surface area contributed by atoms with Gasteiger partial charge in [-0.1, -0.05) is 42.5 Å². The monoisotopic (exact) mass is 435 g/mol. The molecule has 0 saturated heterocycles. The molecule has 0 unspecified atom stereocenters. The smallest absolute Gasteiger partial charge is 0.191 e. The van der Waals surface area contributed by atoms with Crippen LogP contribution in [0.3, 0.4) is 0 Å². The first-order chi connectivity index (χ1) is 15.7. The number of ether oxygens (including phenoxy) is 2. The number of hydrogen-bond acceptors (Lipinski definition) is 4. The van der Waals surface area contributed by atoms with Crippen molar-refractivity contribution in [1.82, 2.24) is 20.2 Å². The number of aliphatic imine (C=N–C) groups is 1. The molecule has 7 heteroatoms. The molecule has 2 N–H and O–H groups in total. The zero-order chi connectivity index (χ0) is 22.6. The molecule has 2 aromatic carbocycles. The van der Waals surface area contributed by atoms with Crippen LogP contribution < -0.4 is 15.4 Å². The summed E-state index contributed by atoms with van der Waals surface area (Å²) in [4.78, 5) is 8.86. The van der Waals surface area contributed by atoms with Crippen LogP contribution in [0, 0.1) is 6.92 Å². The number of imidazole rings is 1. The Morgan fingerprint density at radius 1 is 1.09 bits per heavy atom. The van der Waals surface area contributed by atoms with Gasteiger partial charge in [0.05, 0.1) is 6.61 Å². The summed E-state index contributed by atoms with van der Waals surface area (Å²) in [5.74, 6) is 2.66. The van der Waals surface area contributed by atoms with E-state index in [-0.39, 0.29) is 0 Å². The molecule has 0 radical (unpaired) electrons. The fourth-order valence-corrected chi connectivity index (χ4v) is 3.36. The summed E-state index contributed by atoms with van der Waals surface area (Å²) < 4.78 is 13.2. The average Bonchev–Trinajstić information content (AvgIpc) is 3.24. The standard InChI is InChI=1S/C25H33N5O2/c1-20-9-10-22(23(17-20)32-16-15-31-3)18-29-25(26-2)28-12-11-24-27-13-14-30(24)19-21-7-5-4-6-8-21/h4-10,13-14,17H,11-12,15-16,18-19H2,1-3H3,(H2,26,28,29). The zero-order valence-electron chi connectivity index (χ0n) is 19.2. The van der Waals surface area contributed by atoms with Gasteiger partial charge in [0, 0.05) is 58.2 Å². The van der Waals surface area contributed by atoms with Gasteiger partial charge in [-0.3, -0.25) is 4.99 Å². The van der Waals surface area contributed by atoms with Crippen LogP contribution in [-0.2, 0) is 24.2 Å². The van der Waals surface area contributed by atoms with Gasteiger partial charge < -0.3 is 24.7 Å². The Kier molecular flexibility index (Phi) is 9.13. The number of nitrogens with one attached hydrogen (secondary N) is 2. The highest BCUT2D eigenvalue weighted by Gasteiger charge is 2.07. The molecule has 0 aliphatic heterocycles. The van der Waals surface area contributed by atoms with Crippen LogP contribution in [0.2, 0.25) is 0 Å². The highest BCUT2D eigenvalue weighted by molar-refractivity contribution is 5.79. The number of methoxy groups -OCH3 is 1. The second-order valence-corrected chi connectivity index (χ2v) is 7.51. The van der Waals surface area contributed by atoms with E-state index in [1.807, 2.05) is 18.5 Å². The Morgan fingerprint density at radius 2 is 1.94 bits per heavy atom. The van der Waals surface area contributed by atoms with Crippen molar-refractivity contribution in [2.45, 2.75) is 26.4 Å². The first kappa shape index (κ1) is 23.3. The largest absolute Gasteiger partial charge is 0.491 e. The average molecular weight is 436 g/mol. The van der Waals surface area contributed by atoms with Gasteiger partial charge in [0.15, 0.2) is 5.96 Å². The molecular weight excluding hydrogens is 402 g/mol. The predicted molar refractivity (Wildman–Crippen MR) is 128 cm³/mol. The third kappa shape index (κ3) is 7.13. The molecule has 3 rings (SSSR count). The second-order valence-electron chi connectivity index (χ2n) is 7.51. The first-order valence-corrected chi connectivity index (χ1v) is 10.9. The maximum Gasteiger partial charge on any atom is 0.191 e. The Labute approximate surface area is 190 Å². The highest BCUT2D eigenvalue weighted by Crippen LogP contribution is 2.20. The Morgan fingerprint density at radius 3 is 2.72 bits per heavy atom. The molecule has 3 aromatic rings. The minimum absolute atomic E-state index is 0.523. The lowest BCUT2D eigenvalue weighted by Crippen LogP contribution is -2.38. The molecule has 0 fully saturated rings. The molecule has 170 valence electrons. The summed E-state index contributed by atoms with van der Waals surface area (Å²) in [6, 6.07) is 16.6. The third-order valence-corrected chi connectivity index (χ3v) is 5.08. The molecule has 0 atom stereocenters. The van der Waals surface area contributed by atoms with E-state index in [2.05, 4.69) is 74.6 Å². The van der Waals surface area contributed by atoms with Crippen molar-refractivity contribution in [3.05, 3.63) is 83.4 Å². The van der Waals surface area contributed by atoms with Gasteiger partial charge in [0.25, 0.3) is 0 Å². The fourth-order valence-electron chi connectivity index (χ4n) is 3.36. The predicted octanol–water partition coefficient (Wildman–Crippen LogP) is 3.17. The van der Waals surface area contributed by atoms with Gasteiger partial charge in [-0.05, 0) is 24.1 Å². The topological polar surface area (TPSA) is 72.7 Å². The summed E-state index contributed by atoms with van der Waals surface area (Å²) in [5, 5.41) is 6.75. The zero-order valence-corrected chi connectivity index (χ0v) is 19.2. The van der Waals surface area contributed by atoms with Crippen LogP contribution in [0.4, 0.5) is 0 Å². The van der Waals surface area contributed by atoms with E-state index < -0.39 is 0 Å². The highest BCUT2D eigenvalue weighted by atomic mass is 16.5. The maximum atomic E-state index is 5.88. The Hall–Kier alpha value is -3.32. The van der Waals surface area contributed by atoms with Crippen molar-refractivity contribution in [2.75, 3.05) is 33.9 Å². The van der Waals surface area contributed by atoms with Gasteiger partial charge in [-0.2, -0.15) is 0 Å². The van der Waals surface area contributed by atoms with Crippen molar-refractivity contribution >= 4 is 5.96 Å². The molecule has 1 aromatic heterocycles. The number of hydrogen-bond donors (Lipinski definition) is 2. The Bertz CT molecular complexity index is 985. The first-order valence-electron chi connectivity index (χ1n) is 10.9. The van der Waals surface area contributed by atoms with Gasteiger partial charge >= 0.3 is 0 Å². The molecule has 1 heterocycles. The summed E-state index contributed by atoms with van der Waals surface area (Å²) in [7, 11) is 3.45. The van der Waals surface area contributed by atoms with E-state index in [1.165, 1.54) is 5.56 Å². The lowest BCUT2D eigenvalue weighted by molar-refractivity contribution is 0.145. The van der Waals surface area contributed by atoms with Gasteiger partial charge in [-0.15, -0.1) is 0 Å². The molecule has 32 heavy (non-hydrogen) atoms. The summed E-state index contributed by atoms with van der Waals surface area (Å²) in [6.07, 6.45) is 4.68. The third-order valence-electron chi connectivity index (χ3n) is 5.08. The number of guanidine groups is 1. The van der Waals surface area contributed by atoms with Gasteiger partial charge in [0.1, 0.15) is 18.2 Å². The summed E-state index contributed by atoms with van der Waals surface area (Å²) in [6.45, 7) is 5.31. The van der Waals surface area contributed by atoms with Gasteiger partial charge in [-0.25, -0.2) is 4.98 Å². The summed E-state index contributed by atoms with van der Waals surface area (Å²) in [5.41, 5.74) is 3.50. The minimum Gasteiger partial charge on any atom is -0.491 e. The fraction of sp³-hybridized carbons (Fsp3) is 0.360. The lowest BCUT2D eigenvalue weighted by atomic mass is 10.1. The molecule has 7 nitrogen and oxygen atoms in total. The lowest BCUT2D eigenvalue weighted by Gasteiger charge is -2.15. The molecule has 0 amide bonds. The normalized spacial score (nSPS) is 11.4. The maximum absolute atomic E-state index is 5.88. The van der Waals surface area contributed by atoms with Crippen LogP contribution in [-0.4, -0.2) is 49.4 Å². The quantitative estimate of drug-likeness (QED) is 0.275. The number of benzene rings is 2. The number of aromatic nitrogens is 2. The van der Waals surface area contributed by atoms with Crippen molar-refractivity contribution in [3.63, 3.8) is 0 Å². The van der Waals surface area contributed by atoms with E-state index in [9.17, 15) is 0 Å². The minimum atomic E-state index is 0.523. The van der Waals surface area contributed by atoms with E-state index in [1.54, 1.807) is 14.2 Å². The van der Waals surface area contributed by atoms with Crippen LogP contribution in [0.1, 0.15) is 22.5 Å². The molecule has 0 aliphatic rings. The number of nitrogens with zero attached hydrogens (tertiary/aromatic N) is 3. The molecule has 0 saturated carbocycles. The summed E-state index contributed by atoms with van der Waals surface area (Å²) >= 11 is 0. The molecule has 0 aliphatic carbocycles. The number of aryl methyl sites for hydroxylation is 1. The van der Waals surface area contributed by atoms with Crippen LogP contribution >= 0.6 is 0 Å². The number of rotatable bonds is 11. The van der Waals surface area contributed by atoms with E-state index in [0.717, 1.165) is 48.2 Å². The van der Waals surface area contributed by atoms with Crippen LogP contribution in [0.15, 0.2) is 65.9 Å². The van der Waals surface area contributed by atoms with Crippen molar-refractivity contribution in [1.29, 1.82) is 0 Å². The molecule has 0 bridgehead atoms. The molecular formula is C25H33N5O2. The second kappa shape index (κ2) is 12.5. The van der Waals surface area contributed by atoms with Gasteiger partial charge in [0.2, 0.25) is 0 Å². The van der Waals surface area contributed by atoms with E-state index >= 15 is 0 Å². The van der Waals surface area contributed by atoms with E-state index in [4.69, 9.17) is 9.47 Å². The molecule has 0 spiro atoms. The van der Waals surface area contributed by atoms with Crippen molar-refractivity contribution in [3.8, 4) is 5.75 Å².